The van der Waals surface area contributed by atoms with Gasteiger partial charge in [-0.2, -0.15) is 0 Å². The molecule has 2 aromatic rings. The highest BCUT2D eigenvalue weighted by Crippen LogP contribution is 2.37. The minimum absolute atomic E-state index is 0.0902. The molecule has 28 heavy (non-hydrogen) atoms. The van der Waals surface area contributed by atoms with E-state index >= 15 is 0 Å². The number of hydrogen-bond donors (Lipinski definition) is 5. The predicted octanol–water partition coefficient (Wildman–Crippen LogP) is 0.856. The summed E-state index contributed by atoms with van der Waals surface area (Å²) in [6, 6.07) is 15.3. The lowest BCUT2D eigenvalue weighted by Crippen LogP contribution is -2.49. The van der Waals surface area contributed by atoms with Crippen molar-refractivity contribution in [2.75, 3.05) is 26.2 Å². The maximum absolute atomic E-state index is 11.5. The number of carbonyl (C=O) groups is 1. The van der Waals surface area contributed by atoms with Crippen molar-refractivity contribution in [2.24, 2.45) is 11.8 Å². The van der Waals surface area contributed by atoms with Gasteiger partial charge < -0.3 is 10.0 Å². The van der Waals surface area contributed by atoms with Crippen molar-refractivity contribution >= 4 is 16.7 Å². The molecule has 0 spiro atoms. The second kappa shape index (κ2) is 7.42. The number of rotatable bonds is 4. The van der Waals surface area contributed by atoms with E-state index in [1.165, 1.54) is 16.3 Å². The first-order valence-corrected chi connectivity index (χ1v) is 10.1. The van der Waals surface area contributed by atoms with Crippen LogP contribution in [0.15, 0.2) is 42.5 Å². The SMILES string of the molecule is O=C(O)C1NNCC1CN1CCC2NNC(c3cccc4ccccc34)C2C1. The van der Waals surface area contributed by atoms with E-state index in [2.05, 4.69) is 69.1 Å². The van der Waals surface area contributed by atoms with Gasteiger partial charge in [-0.05, 0) is 29.3 Å². The molecule has 3 heterocycles. The number of fused-ring (bicyclic) bond motifs is 2. The van der Waals surface area contributed by atoms with Crippen molar-refractivity contribution in [2.45, 2.75) is 24.5 Å². The lowest BCUT2D eigenvalue weighted by molar-refractivity contribution is -0.140. The second-order valence-electron chi connectivity index (χ2n) is 8.25. The maximum Gasteiger partial charge on any atom is 0.322 e. The molecule has 3 aliphatic rings. The summed E-state index contributed by atoms with van der Waals surface area (Å²) in [6.45, 7) is 3.48. The van der Waals surface area contributed by atoms with Crippen LogP contribution in [0.1, 0.15) is 18.0 Å². The molecule has 7 nitrogen and oxygen atoms in total. The van der Waals surface area contributed by atoms with Gasteiger partial charge in [0.25, 0.3) is 0 Å². The standard InChI is InChI=1S/C21H27N5O2/c27-21(28)19-14(10-22-24-19)11-26-9-8-18-17(12-26)20(25-23-18)16-7-3-5-13-4-1-2-6-15(13)16/h1-7,14,17-20,22-25H,8-12H2,(H,27,28). The Bertz CT molecular complexity index is 869. The van der Waals surface area contributed by atoms with Gasteiger partial charge in [0.05, 0.1) is 6.04 Å². The Morgan fingerprint density at radius 3 is 2.86 bits per heavy atom. The van der Waals surface area contributed by atoms with Crippen molar-refractivity contribution in [3.8, 4) is 0 Å². The second-order valence-corrected chi connectivity index (χ2v) is 8.25. The van der Waals surface area contributed by atoms with Crippen LogP contribution in [-0.2, 0) is 4.79 Å². The fraction of sp³-hybridized carbons (Fsp3) is 0.476. The summed E-state index contributed by atoms with van der Waals surface area (Å²) >= 11 is 0. The number of nitrogens with one attached hydrogen (secondary N) is 4. The zero-order valence-corrected chi connectivity index (χ0v) is 15.8. The fourth-order valence-corrected chi connectivity index (χ4v) is 5.17. The highest BCUT2D eigenvalue weighted by atomic mass is 16.4. The summed E-state index contributed by atoms with van der Waals surface area (Å²) in [4.78, 5) is 13.9. The van der Waals surface area contributed by atoms with Crippen LogP contribution in [0.4, 0.5) is 0 Å². The van der Waals surface area contributed by atoms with Gasteiger partial charge in [0.1, 0.15) is 6.04 Å². The van der Waals surface area contributed by atoms with Gasteiger partial charge in [-0.25, -0.2) is 10.9 Å². The number of hydrogen-bond acceptors (Lipinski definition) is 6. The van der Waals surface area contributed by atoms with Gasteiger partial charge in [0, 0.05) is 37.5 Å². The van der Waals surface area contributed by atoms with E-state index in [1.807, 2.05) is 0 Å². The Morgan fingerprint density at radius 1 is 1.11 bits per heavy atom. The zero-order valence-electron chi connectivity index (χ0n) is 15.8. The van der Waals surface area contributed by atoms with Crippen molar-refractivity contribution < 1.29 is 9.90 Å². The summed E-state index contributed by atoms with van der Waals surface area (Å²) in [5.41, 5.74) is 14.3. The maximum atomic E-state index is 11.5. The minimum Gasteiger partial charge on any atom is -0.480 e. The predicted molar refractivity (Wildman–Crippen MR) is 107 cm³/mol. The topological polar surface area (TPSA) is 88.7 Å². The molecule has 0 aromatic heterocycles. The van der Waals surface area contributed by atoms with Crippen molar-refractivity contribution in [3.05, 3.63) is 48.0 Å². The average molecular weight is 381 g/mol. The Labute approximate surface area is 164 Å². The molecule has 0 bridgehead atoms. The van der Waals surface area contributed by atoms with Gasteiger partial charge in [-0.1, -0.05) is 42.5 Å². The first-order valence-electron chi connectivity index (χ1n) is 10.1. The van der Waals surface area contributed by atoms with Crippen molar-refractivity contribution in [3.63, 3.8) is 0 Å². The lowest BCUT2D eigenvalue weighted by atomic mass is 9.83. The van der Waals surface area contributed by atoms with Crippen LogP contribution in [0, 0.1) is 11.8 Å². The lowest BCUT2D eigenvalue weighted by Gasteiger charge is -2.37. The Hall–Kier alpha value is -2.03. The molecule has 7 heteroatoms. The smallest absolute Gasteiger partial charge is 0.322 e. The van der Waals surface area contributed by atoms with Crippen LogP contribution in [-0.4, -0.2) is 54.2 Å². The fourth-order valence-electron chi connectivity index (χ4n) is 5.17. The Balaban J connectivity index is 1.35. The first-order chi connectivity index (χ1) is 13.7. The number of nitrogens with zero attached hydrogens (tertiary/aromatic N) is 1. The molecule has 0 amide bonds. The molecule has 3 aliphatic heterocycles. The van der Waals surface area contributed by atoms with E-state index in [1.54, 1.807) is 0 Å². The van der Waals surface area contributed by atoms with Crippen LogP contribution in [0.25, 0.3) is 10.8 Å². The Kier molecular flexibility index (Phi) is 4.78. The van der Waals surface area contributed by atoms with Crippen molar-refractivity contribution in [1.82, 2.24) is 26.6 Å². The summed E-state index contributed by atoms with van der Waals surface area (Å²) in [5, 5.41) is 12.0. The third-order valence-electron chi connectivity index (χ3n) is 6.60. The minimum atomic E-state index is -0.775. The molecule has 5 unspecified atom stereocenters. The monoisotopic (exact) mass is 381 g/mol. The third kappa shape index (κ3) is 3.19. The molecule has 2 aromatic carbocycles. The number of carboxylic acid groups (broad SMARTS) is 1. The van der Waals surface area contributed by atoms with E-state index in [0.717, 1.165) is 26.1 Å². The van der Waals surface area contributed by atoms with E-state index < -0.39 is 12.0 Å². The summed E-state index contributed by atoms with van der Waals surface area (Å²) in [5.74, 6) is -0.222. The number of benzene rings is 2. The first kappa shape index (κ1) is 18.0. The molecule has 0 aliphatic carbocycles. The van der Waals surface area contributed by atoms with Crippen LogP contribution in [0.5, 0.6) is 0 Å². The highest BCUT2D eigenvalue weighted by Gasteiger charge is 2.42. The van der Waals surface area contributed by atoms with E-state index in [0.29, 0.717) is 18.5 Å². The summed E-state index contributed by atoms with van der Waals surface area (Å²) < 4.78 is 0. The van der Waals surface area contributed by atoms with E-state index in [-0.39, 0.29) is 12.0 Å². The summed E-state index contributed by atoms with van der Waals surface area (Å²) in [6.07, 6.45) is 1.07. The highest BCUT2D eigenvalue weighted by molar-refractivity contribution is 5.86. The quantitative estimate of drug-likeness (QED) is 0.537. The van der Waals surface area contributed by atoms with Gasteiger partial charge in [-0.3, -0.25) is 15.6 Å². The van der Waals surface area contributed by atoms with Crippen LogP contribution in [0.2, 0.25) is 0 Å². The zero-order chi connectivity index (χ0) is 19.1. The molecule has 0 radical (unpaired) electrons. The number of hydrazine groups is 2. The molecule has 5 N–H and O–H groups in total. The van der Waals surface area contributed by atoms with Gasteiger partial charge in [-0.15, -0.1) is 0 Å². The van der Waals surface area contributed by atoms with E-state index in [9.17, 15) is 9.90 Å². The van der Waals surface area contributed by atoms with Gasteiger partial charge in [0.15, 0.2) is 0 Å². The van der Waals surface area contributed by atoms with Gasteiger partial charge in [0.2, 0.25) is 0 Å². The largest absolute Gasteiger partial charge is 0.480 e. The van der Waals surface area contributed by atoms with Crippen LogP contribution >= 0.6 is 0 Å². The molecule has 5 rings (SSSR count). The molecular formula is C21H27N5O2. The van der Waals surface area contributed by atoms with Crippen molar-refractivity contribution in [1.29, 1.82) is 0 Å². The molecular weight excluding hydrogens is 354 g/mol. The number of carboxylic acids is 1. The van der Waals surface area contributed by atoms with Crippen LogP contribution in [0.3, 0.4) is 0 Å². The third-order valence-corrected chi connectivity index (χ3v) is 6.60. The van der Waals surface area contributed by atoms with E-state index in [4.69, 9.17) is 0 Å². The average Bonchev–Trinajstić information content (AvgIpc) is 3.34. The van der Waals surface area contributed by atoms with Crippen LogP contribution < -0.4 is 21.7 Å². The number of likely N-dealkylation sites (tertiary alicyclic amines) is 1. The normalized spacial score (nSPS) is 33.2. The molecule has 148 valence electrons. The molecule has 3 fully saturated rings. The molecule has 3 saturated heterocycles. The molecule has 0 saturated carbocycles. The van der Waals surface area contributed by atoms with Gasteiger partial charge >= 0.3 is 5.97 Å². The number of aliphatic carboxylic acids is 1. The summed E-state index contributed by atoms with van der Waals surface area (Å²) in [7, 11) is 0. The number of piperidine rings is 1. The Morgan fingerprint density at radius 2 is 1.96 bits per heavy atom. The molecule has 5 atom stereocenters.